The molecule has 1 aliphatic rings. The van der Waals surface area contributed by atoms with E-state index in [4.69, 9.17) is 0 Å². The van der Waals surface area contributed by atoms with Crippen molar-refractivity contribution in [3.05, 3.63) is 65.2 Å². The van der Waals surface area contributed by atoms with Crippen LogP contribution in [-0.4, -0.2) is 36.5 Å². The van der Waals surface area contributed by atoms with Crippen LogP contribution in [0.2, 0.25) is 0 Å². The largest absolute Gasteiger partial charge is 0.356 e. The van der Waals surface area contributed by atoms with Crippen molar-refractivity contribution in [2.24, 2.45) is 5.92 Å². The van der Waals surface area contributed by atoms with Gasteiger partial charge in [0.1, 0.15) is 11.6 Å². The van der Waals surface area contributed by atoms with Gasteiger partial charge >= 0.3 is 6.03 Å². The van der Waals surface area contributed by atoms with E-state index in [1.807, 2.05) is 31.2 Å². The summed E-state index contributed by atoms with van der Waals surface area (Å²) < 4.78 is 26.7. The maximum Gasteiger partial charge on any atom is 0.321 e. The molecular formula is C23H27F2N3O2. The Morgan fingerprint density at radius 1 is 1.10 bits per heavy atom. The van der Waals surface area contributed by atoms with Crippen LogP contribution < -0.4 is 10.6 Å². The lowest BCUT2D eigenvalue weighted by Crippen LogP contribution is -2.41. The minimum Gasteiger partial charge on any atom is -0.356 e. The van der Waals surface area contributed by atoms with E-state index in [0.717, 1.165) is 42.5 Å². The number of rotatable bonds is 6. The monoisotopic (exact) mass is 415 g/mol. The first-order valence-electron chi connectivity index (χ1n) is 10.2. The standard InChI is InChI=1S/C23H27F2N3O2/c1-16-3-2-4-18(13-16)14-22(29)26-10-7-17-8-11-28(12-9-17)23(30)27-21-6-5-19(24)15-20(21)25/h2-6,13,15,17H,7-12,14H2,1H3,(H,26,29)(H,27,30). The van der Waals surface area contributed by atoms with Crippen LogP contribution in [0.4, 0.5) is 19.3 Å². The topological polar surface area (TPSA) is 61.4 Å². The number of hydrogen-bond donors (Lipinski definition) is 2. The molecule has 1 heterocycles. The zero-order valence-corrected chi connectivity index (χ0v) is 17.1. The normalized spacial score (nSPS) is 14.4. The van der Waals surface area contributed by atoms with Crippen LogP contribution in [-0.2, 0) is 11.2 Å². The molecule has 2 aromatic rings. The summed E-state index contributed by atoms with van der Waals surface area (Å²) in [6.07, 6.45) is 2.89. The van der Waals surface area contributed by atoms with Crippen molar-refractivity contribution in [2.45, 2.75) is 32.6 Å². The molecule has 160 valence electrons. The summed E-state index contributed by atoms with van der Waals surface area (Å²) in [5, 5.41) is 5.47. The summed E-state index contributed by atoms with van der Waals surface area (Å²) in [6, 6.07) is 10.6. The van der Waals surface area contributed by atoms with Crippen LogP contribution in [0.1, 0.15) is 30.4 Å². The average Bonchev–Trinajstić information content (AvgIpc) is 2.70. The third-order valence-corrected chi connectivity index (χ3v) is 5.40. The number of piperidine rings is 1. The number of benzene rings is 2. The summed E-state index contributed by atoms with van der Waals surface area (Å²) in [7, 11) is 0. The summed E-state index contributed by atoms with van der Waals surface area (Å²) in [4.78, 5) is 26.0. The van der Waals surface area contributed by atoms with E-state index in [9.17, 15) is 18.4 Å². The van der Waals surface area contributed by atoms with E-state index >= 15 is 0 Å². The molecule has 0 saturated carbocycles. The number of nitrogens with one attached hydrogen (secondary N) is 2. The minimum absolute atomic E-state index is 0.0127. The van der Waals surface area contributed by atoms with E-state index in [0.29, 0.717) is 32.0 Å². The van der Waals surface area contributed by atoms with Gasteiger partial charge in [0, 0.05) is 25.7 Å². The first-order chi connectivity index (χ1) is 14.4. The van der Waals surface area contributed by atoms with Gasteiger partial charge in [-0.1, -0.05) is 29.8 Å². The number of urea groups is 1. The molecule has 0 aromatic heterocycles. The molecule has 30 heavy (non-hydrogen) atoms. The van der Waals surface area contributed by atoms with Crippen LogP contribution in [0, 0.1) is 24.5 Å². The van der Waals surface area contributed by atoms with Gasteiger partial charge in [0.2, 0.25) is 5.91 Å². The second-order valence-electron chi connectivity index (χ2n) is 7.79. The van der Waals surface area contributed by atoms with Gasteiger partial charge < -0.3 is 15.5 Å². The molecule has 0 aliphatic carbocycles. The minimum atomic E-state index is -0.792. The van der Waals surface area contributed by atoms with Gasteiger partial charge in [-0.15, -0.1) is 0 Å². The number of halogens is 2. The van der Waals surface area contributed by atoms with Crippen LogP contribution in [0.15, 0.2) is 42.5 Å². The fourth-order valence-corrected chi connectivity index (χ4v) is 3.70. The fraction of sp³-hybridized carbons (Fsp3) is 0.391. The van der Waals surface area contributed by atoms with Crippen LogP contribution in [0.25, 0.3) is 0 Å². The number of aryl methyl sites for hydroxylation is 1. The highest BCUT2D eigenvalue weighted by Gasteiger charge is 2.23. The highest BCUT2D eigenvalue weighted by Crippen LogP contribution is 2.22. The number of carbonyl (C=O) groups is 2. The second-order valence-corrected chi connectivity index (χ2v) is 7.79. The van der Waals surface area contributed by atoms with E-state index in [-0.39, 0.29) is 17.6 Å². The molecule has 3 rings (SSSR count). The molecule has 2 N–H and O–H groups in total. The van der Waals surface area contributed by atoms with Gasteiger partial charge in [-0.2, -0.15) is 0 Å². The van der Waals surface area contributed by atoms with E-state index < -0.39 is 11.6 Å². The number of amides is 3. The highest BCUT2D eigenvalue weighted by molar-refractivity contribution is 5.89. The van der Waals surface area contributed by atoms with Crippen molar-refractivity contribution < 1.29 is 18.4 Å². The first-order valence-corrected chi connectivity index (χ1v) is 10.2. The highest BCUT2D eigenvalue weighted by atomic mass is 19.1. The number of likely N-dealkylation sites (tertiary alicyclic amines) is 1. The third kappa shape index (κ3) is 6.27. The predicted molar refractivity (Wildman–Crippen MR) is 112 cm³/mol. The molecule has 3 amide bonds. The number of nitrogens with zero attached hydrogens (tertiary/aromatic N) is 1. The zero-order valence-electron chi connectivity index (χ0n) is 17.1. The SMILES string of the molecule is Cc1cccc(CC(=O)NCCC2CCN(C(=O)Nc3ccc(F)cc3F)CC2)c1. The molecule has 0 bridgehead atoms. The summed E-state index contributed by atoms with van der Waals surface area (Å²) in [6.45, 7) is 3.75. The van der Waals surface area contributed by atoms with Gasteiger partial charge in [0.15, 0.2) is 0 Å². The average molecular weight is 415 g/mol. The van der Waals surface area contributed by atoms with Gasteiger partial charge in [0.25, 0.3) is 0 Å². The van der Waals surface area contributed by atoms with Gasteiger partial charge in [-0.05, 0) is 49.8 Å². The van der Waals surface area contributed by atoms with Crippen molar-refractivity contribution in [3.8, 4) is 0 Å². The van der Waals surface area contributed by atoms with Gasteiger partial charge in [-0.25, -0.2) is 13.6 Å². The van der Waals surface area contributed by atoms with E-state index in [1.54, 1.807) is 4.90 Å². The van der Waals surface area contributed by atoms with Crippen molar-refractivity contribution in [1.29, 1.82) is 0 Å². The lowest BCUT2D eigenvalue weighted by atomic mass is 9.93. The predicted octanol–water partition coefficient (Wildman–Crippen LogP) is 4.27. The van der Waals surface area contributed by atoms with E-state index in [2.05, 4.69) is 10.6 Å². The Kier molecular flexibility index (Phi) is 7.38. The van der Waals surface area contributed by atoms with Crippen molar-refractivity contribution in [1.82, 2.24) is 10.2 Å². The maximum atomic E-state index is 13.7. The van der Waals surface area contributed by atoms with Crippen LogP contribution in [0.5, 0.6) is 0 Å². The molecule has 0 radical (unpaired) electrons. The fourth-order valence-electron chi connectivity index (χ4n) is 3.70. The molecule has 1 fully saturated rings. The second kappa shape index (κ2) is 10.2. The van der Waals surface area contributed by atoms with Crippen molar-refractivity contribution in [2.75, 3.05) is 25.0 Å². The Labute approximate surface area is 175 Å². The van der Waals surface area contributed by atoms with E-state index in [1.165, 1.54) is 6.07 Å². The smallest absolute Gasteiger partial charge is 0.321 e. The molecule has 1 aliphatic heterocycles. The van der Waals surface area contributed by atoms with Gasteiger partial charge in [0.05, 0.1) is 12.1 Å². The molecule has 0 spiro atoms. The Hall–Kier alpha value is -2.96. The van der Waals surface area contributed by atoms with Gasteiger partial charge in [-0.3, -0.25) is 4.79 Å². The number of hydrogen-bond acceptors (Lipinski definition) is 2. The molecule has 2 aromatic carbocycles. The summed E-state index contributed by atoms with van der Waals surface area (Å²) in [5.41, 5.74) is 2.11. The Bertz CT molecular complexity index is 896. The first kappa shape index (κ1) is 21.7. The number of anilines is 1. The molecule has 5 nitrogen and oxygen atoms in total. The quantitative estimate of drug-likeness (QED) is 0.740. The summed E-state index contributed by atoms with van der Waals surface area (Å²) in [5.74, 6) is -1.04. The molecule has 0 atom stereocenters. The molecular weight excluding hydrogens is 388 g/mol. The van der Waals surface area contributed by atoms with Crippen molar-refractivity contribution >= 4 is 17.6 Å². The molecule has 0 unspecified atom stereocenters. The molecule has 7 heteroatoms. The number of carbonyl (C=O) groups excluding carboxylic acids is 2. The lowest BCUT2D eigenvalue weighted by Gasteiger charge is -2.32. The Morgan fingerprint density at radius 3 is 2.57 bits per heavy atom. The lowest BCUT2D eigenvalue weighted by molar-refractivity contribution is -0.120. The zero-order chi connectivity index (χ0) is 21.5. The molecule has 1 saturated heterocycles. The summed E-state index contributed by atoms with van der Waals surface area (Å²) >= 11 is 0. The van der Waals surface area contributed by atoms with Crippen LogP contribution in [0.3, 0.4) is 0 Å². The Morgan fingerprint density at radius 2 is 1.87 bits per heavy atom. The third-order valence-electron chi connectivity index (χ3n) is 5.40. The van der Waals surface area contributed by atoms with Crippen molar-refractivity contribution in [3.63, 3.8) is 0 Å². The Balaban J connectivity index is 1.36. The maximum absolute atomic E-state index is 13.7. The van der Waals surface area contributed by atoms with Crippen LogP contribution >= 0.6 is 0 Å².